The predicted molar refractivity (Wildman–Crippen MR) is 81.2 cm³/mol. The van der Waals surface area contributed by atoms with E-state index >= 15 is 0 Å². The van der Waals surface area contributed by atoms with Crippen molar-refractivity contribution in [3.8, 4) is 0 Å². The minimum atomic E-state index is 0.0497. The molecule has 3 N–H and O–H groups in total. The van der Waals surface area contributed by atoms with Crippen molar-refractivity contribution in [2.75, 3.05) is 5.75 Å². The van der Waals surface area contributed by atoms with Crippen LogP contribution in [0.15, 0.2) is 47.6 Å². The minimum absolute atomic E-state index is 0.0497. The Hall–Kier alpha value is -1.07. The average Bonchev–Trinajstić information content (AvgIpc) is 2.41. The number of thioether (sulfide) groups is 1. The van der Waals surface area contributed by atoms with E-state index in [1.54, 1.807) is 11.8 Å². The summed E-state index contributed by atoms with van der Waals surface area (Å²) in [6, 6.07) is 9.94. The van der Waals surface area contributed by atoms with Gasteiger partial charge in [-0.25, -0.2) is 0 Å². The number of hydrazine groups is 1. The predicted octanol–water partition coefficient (Wildman–Crippen LogP) is 3.34. The standard InChI is InChI=1S/C14H16ClN3S/c1-10-6-11(8-17-7-10)13(18-16)9-19-14-5-3-2-4-12(14)15/h2-8,13,18H,9,16H2,1H3. The summed E-state index contributed by atoms with van der Waals surface area (Å²) < 4.78 is 0. The van der Waals surface area contributed by atoms with Gasteiger partial charge in [0.25, 0.3) is 0 Å². The fraction of sp³-hybridized carbons (Fsp3) is 0.214. The van der Waals surface area contributed by atoms with Crippen LogP contribution in [-0.4, -0.2) is 10.7 Å². The maximum atomic E-state index is 6.14. The summed E-state index contributed by atoms with van der Waals surface area (Å²) in [4.78, 5) is 5.25. The molecule has 3 nitrogen and oxygen atoms in total. The number of aryl methyl sites for hydroxylation is 1. The molecule has 0 saturated carbocycles. The molecule has 1 unspecified atom stereocenters. The second kappa shape index (κ2) is 6.91. The first-order valence-corrected chi connectivity index (χ1v) is 7.32. The molecule has 5 heteroatoms. The largest absolute Gasteiger partial charge is 0.271 e. The number of rotatable bonds is 5. The van der Waals surface area contributed by atoms with Crippen LogP contribution >= 0.6 is 23.4 Å². The van der Waals surface area contributed by atoms with Crippen LogP contribution in [0.25, 0.3) is 0 Å². The molecule has 1 aromatic heterocycles. The molecule has 1 atom stereocenters. The van der Waals surface area contributed by atoms with Crippen LogP contribution in [0.2, 0.25) is 5.02 Å². The van der Waals surface area contributed by atoms with E-state index in [2.05, 4.69) is 16.5 Å². The lowest BCUT2D eigenvalue weighted by Crippen LogP contribution is -2.29. The van der Waals surface area contributed by atoms with Crippen LogP contribution in [0.3, 0.4) is 0 Å². The quantitative estimate of drug-likeness (QED) is 0.504. The molecule has 0 bridgehead atoms. The van der Waals surface area contributed by atoms with Gasteiger partial charge in [0, 0.05) is 23.0 Å². The number of nitrogens with one attached hydrogen (secondary N) is 1. The molecule has 1 heterocycles. The average molecular weight is 294 g/mol. The molecule has 2 aromatic rings. The lowest BCUT2D eigenvalue weighted by Gasteiger charge is -2.16. The second-order valence-corrected chi connectivity index (χ2v) is 5.73. The maximum Gasteiger partial charge on any atom is 0.0569 e. The lowest BCUT2D eigenvalue weighted by atomic mass is 10.1. The number of hydrogen-bond acceptors (Lipinski definition) is 4. The van der Waals surface area contributed by atoms with Crippen molar-refractivity contribution < 1.29 is 0 Å². The van der Waals surface area contributed by atoms with Gasteiger partial charge in [0.1, 0.15) is 0 Å². The number of nitrogens with zero attached hydrogens (tertiary/aromatic N) is 1. The van der Waals surface area contributed by atoms with Crippen molar-refractivity contribution >= 4 is 23.4 Å². The van der Waals surface area contributed by atoms with Gasteiger partial charge in [-0.2, -0.15) is 0 Å². The molecule has 1 aromatic carbocycles. The summed E-state index contributed by atoms with van der Waals surface area (Å²) in [6.07, 6.45) is 3.67. The molecule has 0 saturated heterocycles. The first-order valence-electron chi connectivity index (χ1n) is 5.95. The highest BCUT2D eigenvalue weighted by molar-refractivity contribution is 7.99. The summed E-state index contributed by atoms with van der Waals surface area (Å²) in [7, 11) is 0. The number of benzene rings is 1. The first kappa shape index (κ1) is 14.3. The third-order valence-corrected chi connectivity index (χ3v) is 4.35. The third-order valence-electron chi connectivity index (χ3n) is 2.74. The molecular formula is C14H16ClN3S. The zero-order valence-corrected chi connectivity index (χ0v) is 12.2. The van der Waals surface area contributed by atoms with Crippen LogP contribution in [0.1, 0.15) is 17.2 Å². The fourth-order valence-electron chi connectivity index (χ4n) is 1.74. The third kappa shape index (κ3) is 3.94. The molecule has 0 radical (unpaired) electrons. The van der Waals surface area contributed by atoms with E-state index in [9.17, 15) is 0 Å². The van der Waals surface area contributed by atoms with Gasteiger partial charge in [-0.05, 0) is 30.2 Å². The highest BCUT2D eigenvalue weighted by Crippen LogP contribution is 2.29. The zero-order chi connectivity index (χ0) is 13.7. The van der Waals surface area contributed by atoms with E-state index in [0.717, 1.165) is 26.8 Å². The van der Waals surface area contributed by atoms with Gasteiger partial charge in [-0.15, -0.1) is 11.8 Å². The monoisotopic (exact) mass is 293 g/mol. The molecular weight excluding hydrogens is 278 g/mol. The number of halogens is 1. The van der Waals surface area contributed by atoms with Crippen LogP contribution in [-0.2, 0) is 0 Å². The van der Waals surface area contributed by atoms with Gasteiger partial charge in [0.2, 0.25) is 0 Å². The summed E-state index contributed by atoms with van der Waals surface area (Å²) >= 11 is 7.82. The molecule has 0 aliphatic rings. The van der Waals surface area contributed by atoms with E-state index in [4.69, 9.17) is 17.4 Å². The molecule has 19 heavy (non-hydrogen) atoms. The van der Waals surface area contributed by atoms with Crippen LogP contribution in [0, 0.1) is 6.92 Å². The first-order chi connectivity index (χ1) is 9.20. The Morgan fingerprint density at radius 2 is 2.16 bits per heavy atom. The van der Waals surface area contributed by atoms with Crippen molar-refractivity contribution in [3.63, 3.8) is 0 Å². The number of hydrogen-bond donors (Lipinski definition) is 2. The molecule has 2 rings (SSSR count). The second-order valence-electron chi connectivity index (χ2n) is 4.26. The van der Waals surface area contributed by atoms with Gasteiger partial charge in [-0.3, -0.25) is 16.3 Å². The molecule has 0 spiro atoms. The number of aromatic nitrogens is 1. The van der Waals surface area contributed by atoms with Crippen molar-refractivity contribution in [2.45, 2.75) is 17.9 Å². The molecule has 0 aliphatic heterocycles. The van der Waals surface area contributed by atoms with Crippen molar-refractivity contribution in [1.29, 1.82) is 0 Å². The topological polar surface area (TPSA) is 50.9 Å². The number of nitrogens with two attached hydrogens (primary N) is 1. The van der Waals surface area contributed by atoms with E-state index in [1.807, 2.05) is 43.6 Å². The summed E-state index contributed by atoms with van der Waals surface area (Å²) in [5.74, 6) is 6.43. The zero-order valence-electron chi connectivity index (χ0n) is 10.6. The Bertz CT molecular complexity index is 548. The molecule has 100 valence electrons. The Morgan fingerprint density at radius 1 is 1.37 bits per heavy atom. The Labute approximate surface area is 122 Å². The Balaban J connectivity index is 2.06. The molecule has 0 amide bonds. The Kier molecular flexibility index (Phi) is 5.22. The van der Waals surface area contributed by atoms with E-state index in [0.29, 0.717) is 0 Å². The van der Waals surface area contributed by atoms with Crippen molar-refractivity contribution in [2.24, 2.45) is 5.84 Å². The van der Waals surface area contributed by atoms with Gasteiger partial charge in [0.15, 0.2) is 0 Å². The van der Waals surface area contributed by atoms with E-state index in [1.165, 1.54) is 0 Å². The smallest absolute Gasteiger partial charge is 0.0569 e. The highest BCUT2D eigenvalue weighted by Gasteiger charge is 2.11. The fourth-order valence-corrected chi connectivity index (χ4v) is 3.06. The van der Waals surface area contributed by atoms with Crippen LogP contribution in [0.4, 0.5) is 0 Å². The highest BCUT2D eigenvalue weighted by atomic mass is 35.5. The van der Waals surface area contributed by atoms with Gasteiger partial charge >= 0.3 is 0 Å². The van der Waals surface area contributed by atoms with Crippen LogP contribution < -0.4 is 11.3 Å². The van der Waals surface area contributed by atoms with Gasteiger partial charge in [-0.1, -0.05) is 29.8 Å². The SMILES string of the molecule is Cc1cncc(C(CSc2ccccc2Cl)NN)c1. The summed E-state index contributed by atoms with van der Waals surface area (Å²) in [5.41, 5.74) is 5.04. The van der Waals surface area contributed by atoms with Crippen molar-refractivity contribution in [3.05, 3.63) is 58.9 Å². The minimum Gasteiger partial charge on any atom is -0.271 e. The Morgan fingerprint density at radius 3 is 2.84 bits per heavy atom. The summed E-state index contributed by atoms with van der Waals surface area (Å²) in [6.45, 7) is 2.02. The van der Waals surface area contributed by atoms with Crippen molar-refractivity contribution in [1.82, 2.24) is 10.4 Å². The molecule has 0 aliphatic carbocycles. The van der Waals surface area contributed by atoms with E-state index < -0.39 is 0 Å². The van der Waals surface area contributed by atoms with Gasteiger partial charge in [0.05, 0.1) is 11.1 Å². The van der Waals surface area contributed by atoms with Crippen LogP contribution in [0.5, 0.6) is 0 Å². The normalized spacial score (nSPS) is 12.4. The number of pyridine rings is 1. The van der Waals surface area contributed by atoms with E-state index in [-0.39, 0.29) is 6.04 Å². The lowest BCUT2D eigenvalue weighted by molar-refractivity contribution is 0.608. The van der Waals surface area contributed by atoms with Gasteiger partial charge < -0.3 is 0 Å². The summed E-state index contributed by atoms with van der Waals surface area (Å²) in [5, 5.41) is 0.769. The molecule has 0 fully saturated rings. The maximum absolute atomic E-state index is 6.14.